The first-order valence-electron chi connectivity index (χ1n) is 26.6. The average molecular weight is 969 g/mol. The van der Waals surface area contributed by atoms with Crippen LogP contribution in [0.1, 0.15) is 162 Å². The van der Waals surface area contributed by atoms with Gasteiger partial charge in [0, 0.05) is 6.42 Å². The zero-order valence-electron chi connectivity index (χ0n) is 44.1. The Morgan fingerprint density at radius 3 is 0.831 bits per heavy atom. The lowest BCUT2D eigenvalue weighted by Crippen LogP contribution is -2.30. The minimum atomic E-state index is -0.909. The number of ether oxygens (including phenoxy) is 3. The van der Waals surface area contributed by atoms with Gasteiger partial charge in [0.1, 0.15) is 13.2 Å². The van der Waals surface area contributed by atoms with Gasteiger partial charge < -0.3 is 14.2 Å². The van der Waals surface area contributed by atoms with Gasteiger partial charge in [-0.05, 0) is 122 Å². The molecule has 6 nitrogen and oxygen atoms in total. The van der Waals surface area contributed by atoms with E-state index in [4.69, 9.17) is 14.2 Å². The second-order valence-corrected chi connectivity index (χ2v) is 16.3. The summed E-state index contributed by atoms with van der Waals surface area (Å²) in [6, 6.07) is 0. The highest BCUT2D eigenvalue weighted by Crippen LogP contribution is 2.07. The highest BCUT2D eigenvalue weighted by atomic mass is 16.6. The first kappa shape index (κ1) is 65.0. The summed E-state index contributed by atoms with van der Waals surface area (Å²) in [5.74, 6) is -1.33. The minimum absolute atomic E-state index is 0.0524. The number of carbonyl (C=O) groups is 3. The molecule has 0 aromatic heterocycles. The Kier molecular flexibility index (Phi) is 51.8. The highest BCUT2D eigenvalue weighted by molar-refractivity contribution is 5.72. The molecule has 0 amide bonds. The van der Waals surface area contributed by atoms with E-state index in [0.29, 0.717) is 19.3 Å². The summed E-state index contributed by atoms with van der Waals surface area (Å²) >= 11 is 0. The Labute approximate surface area is 432 Å². The van der Waals surface area contributed by atoms with Crippen LogP contribution in [0, 0.1) is 0 Å². The van der Waals surface area contributed by atoms with Gasteiger partial charge in [0.15, 0.2) is 6.10 Å². The molecule has 0 aromatic carbocycles. The molecule has 0 rings (SSSR count). The fourth-order valence-electron chi connectivity index (χ4n) is 5.99. The zero-order chi connectivity index (χ0) is 51.4. The van der Waals surface area contributed by atoms with Crippen LogP contribution in [-0.2, 0) is 28.6 Å². The smallest absolute Gasteiger partial charge is 0.310 e. The highest BCUT2D eigenvalue weighted by Gasteiger charge is 2.19. The van der Waals surface area contributed by atoms with E-state index in [1.165, 1.54) is 0 Å². The molecule has 0 heterocycles. The minimum Gasteiger partial charge on any atom is -0.462 e. The van der Waals surface area contributed by atoms with Crippen molar-refractivity contribution in [2.45, 2.75) is 168 Å². The lowest BCUT2D eigenvalue weighted by Gasteiger charge is -2.17. The number of carbonyl (C=O) groups excluding carboxylic acids is 3. The lowest BCUT2D eigenvalue weighted by atomic mass is 10.2. The van der Waals surface area contributed by atoms with Crippen LogP contribution in [0.5, 0.6) is 0 Å². The summed E-state index contributed by atoms with van der Waals surface area (Å²) < 4.78 is 16.5. The van der Waals surface area contributed by atoms with Gasteiger partial charge in [-0.1, -0.05) is 227 Å². The molecule has 71 heavy (non-hydrogen) atoms. The van der Waals surface area contributed by atoms with E-state index < -0.39 is 18.0 Å². The molecule has 0 saturated carbocycles. The Morgan fingerprint density at radius 1 is 0.296 bits per heavy atom. The Balaban J connectivity index is 4.73. The van der Waals surface area contributed by atoms with E-state index in [0.717, 1.165) is 103 Å². The van der Waals surface area contributed by atoms with E-state index in [-0.39, 0.29) is 38.4 Å². The van der Waals surface area contributed by atoms with E-state index >= 15 is 0 Å². The maximum Gasteiger partial charge on any atom is 0.310 e. The number of rotatable bonds is 44. The monoisotopic (exact) mass is 969 g/mol. The fourth-order valence-corrected chi connectivity index (χ4v) is 5.99. The van der Waals surface area contributed by atoms with Crippen LogP contribution >= 0.6 is 0 Å². The van der Waals surface area contributed by atoms with Gasteiger partial charge in [-0.25, -0.2) is 0 Å². The molecule has 1 atom stereocenters. The first-order chi connectivity index (χ1) is 35.0. The second kappa shape index (κ2) is 56.6. The number of unbranched alkanes of at least 4 members (excludes halogenated alkanes) is 1. The van der Waals surface area contributed by atoms with Crippen LogP contribution in [0.25, 0.3) is 0 Å². The molecule has 0 aliphatic heterocycles. The maximum atomic E-state index is 12.7. The third-order valence-corrected chi connectivity index (χ3v) is 9.83. The summed E-state index contributed by atoms with van der Waals surface area (Å²) in [6.07, 6.45) is 88.7. The Hall–Kier alpha value is -6.01. The van der Waals surface area contributed by atoms with Crippen LogP contribution in [0.3, 0.4) is 0 Å². The van der Waals surface area contributed by atoms with Crippen molar-refractivity contribution >= 4 is 17.9 Å². The van der Waals surface area contributed by atoms with E-state index in [1.54, 1.807) is 12.2 Å². The molecule has 0 aromatic rings. The Morgan fingerprint density at radius 2 is 0.535 bits per heavy atom. The average Bonchev–Trinajstić information content (AvgIpc) is 3.37. The van der Waals surface area contributed by atoms with Crippen molar-refractivity contribution in [3.05, 3.63) is 207 Å². The van der Waals surface area contributed by atoms with Crippen molar-refractivity contribution in [3.63, 3.8) is 0 Å². The SMILES string of the molecule is CC/C=C\C/C=C\C/C=C\C/C=C\C/C=C\C/C=C\C/C=C\CCCC(=O)OCC(COC(=O)C/C=C\C/C=C\C/C=C\C/C=C\C/C=C\CC)OC(=O)C/C=C\C/C=C\C/C=C\C/C=C\C/C=C\CC. The van der Waals surface area contributed by atoms with Gasteiger partial charge in [-0.2, -0.15) is 0 Å². The van der Waals surface area contributed by atoms with Crippen molar-refractivity contribution in [1.82, 2.24) is 0 Å². The van der Waals surface area contributed by atoms with Gasteiger partial charge in [0.2, 0.25) is 0 Å². The normalized spacial score (nSPS) is 13.8. The van der Waals surface area contributed by atoms with Crippen LogP contribution in [-0.4, -0.2) is 37.2 Å². The standard InChI is InChI=1S/C65H92O6/c1-4-7-10-13-16-19-22-25-28-29-30-31-32-33-34-35-38-40-43-46-49-52-55-58-64(67)70-61-62(71-65(68)59-56-53-50-47-44-41-37-27-24-21-18-15-12-9-6-3)60-69-63(66)57-54-51-48-45-42-39-36-26-23-20-17-14-11-8-5-2/h7-12,16-21,25-28,30-31,33-34,36-38,40,42,44-47,49,51,53-54,56,62H,4-6,13-15,22-24,29,32,35,39,41,43,48,50,52,55,57-61H2,1-3H3/b10-7-,11-8-,12-9-,19-16-,20-17-,21-18-,28-25-,31-30-,34-33-,36-26-,37-27-,40-38-,45-42-,47-44-,49-46-,54-51-,56-53-. The predicted molar refractivity (Wildman–Crippen MR) is 306 cm³/mol. The molecule has 1 unspecified atom stereocenters. The summed E-state index contributed by atoms with van der Waals surface area (Å²) in [4.78, 5) is 37.9. The Bertz CT molecular complexity index is 1830. The van der Waals surface area contributed by atoms with Gasteiger partial charge >= 0.3 is 17.9 Å². The molecule has 0 spiro atoms. The summed E-state index contributed by atoms with van der Waals surface area (Å²) in [5, 5.41) is 0. The van der Waals surface area contributed by atoms with Gasteiger partial charge in [0.05, 0.1) is 12.8 Å². The van der Waals surface area contributed by atoms with Crippen LogP contribution in [0.4, 0.5) is 0 Å². The number of hydrogen-bond acceptors (Lipinski definition) is 6. The number of hydrogen-bond donors (Lipinski definition) is 0. The van der Waals surface area contributed by atoms with Crippen molar-refractivity contribution in [2.75, 3.05) is 13.2 Å². The van der Waals surface area contributed by atoms with Crippen LogP contribution < -0.4 is 0 Å². The molecule has 0 bridgehead atoms. The maximum absolute atomic E-state index is 12.7. The summed E-state index contributed by atoms with van der Waals surface area (Å²) in [5.41, 5.74) is 0. The van der Waals surface area contributed by atoms with E-state index in [1.807, 2.05) is 12.2 Å². The van der Waals surface area contributed by atoms with Crippen LogP contribution in [0.15, 0.2) is 207 Å². The number of allylic oxidation sites excluding steroid dienone is 32. The van der Waals surface area contributed by atoms with Gasteiger partial charge in [0.25, 0.3) is 0 Å². The van der Waals surface area contributed by atoms with Crippen molar-refractivity contribution in [3.8, 4) is 0 Å². The van der Waals surface area contributed by atoms with E-state index in [2.05, 4.69) is 203 Å². The molecular weight excluding hydrogens is 877 g/mol. The third-order valence-electron chi connectivity index (χ3n) is 9.83. The predicted octanol–water partition coefficient (Wildman–Crippen LogP) is 18.1. The molecule has 0 radical (unpaired) electrons. The quantitative estimate of drug-likeness (QED) is 0.0262. The fraction of sp³-hybridized carbons (Fsp3) is 0.431. The molecule has 388 valence electrons. The molecule has 0 aliphatic rings. The van der Waals surface area contributed by atoms with Gasteiger partial charge in [-0.3, -0.25) is 14.4 Å². The van der Waals surface area contributed by atoms with Crippen molar-refractivity contribution in [2.24, 2.45) is 0 Å². The molecule has 0 saturated heterocycles. The third kappa shape index (κ3) is 54.8. The first-order valence-corrected chi connectivity index (χ1v) is 26.6. The molecular formula is C65H92O6. The van der Waals surface area contributed by atoms with E-state index in [9.17, 15) is 14.4 Å². The number of esters is 3. The summed E-state index contributed by atoms with van der Waals surface area (Å²) in [7, 11) is 0. The van der Waals surface area contributed by atoms with Gasteiger partial charge in [-0.15, -0.1) is 0 Å². The molecule has 6 heteroatoms. The molecule has 0 aliphatic carbocycles. The topological polar surface area (TPSA) is 78.9 Å². The zero-order valence-corrected chi connectivity index (χ0v) is 44.1. The summed E-state index contributed by atoms with van der Waals surface area (Å²) in [6.45, 7) is 6.03. The van der Waals surface area contributed by atoms with Crippen LogP contribution in [0.2, 0.25) is 0 Å². The molecule has 0 fully saturated rings. The lowest BCUT2D eigenvalue weighted by molar-refractivity contribution is -0.166. The largest absolute Gasteiger partial charge is 0.462 e. The van der Waals surface area contributed by atoms with Crippen molar-refractivity contribution < 1.29 is 28.6 Å². The van der Waals surface area contributed by atoms with Crippen molar-refractivity contribution in [1.29, 1.82) is 0 Å². The second-order valence-electron chi connectivity index (χ2n) is 16.3. The molecule has 0 N–H and O–H groups in total.